The van der Waals surface area contributed by atoms with Crippen molar-refractivity contribution in [2.45, 2.75) is 13.8 Å². The largest absolute Gasteiger partial charge is 0.477 e. The van der Waals surface area contributed by atoms with Crippen LogP contribution in [0.3, 0.4) is 0 Å². The smallest absolute Gasteiger partial charge is 0.353 e. The van der Waals surface area contributed by atoms with Gasteiger partial charge in [-0.2, -0.15) is 8.42 Å². The molecule has 0 saturated heterocycles. The number of carbonyl (C=O) groups is 2. The highest BCUT2D eigenvalue weighted by molar-refractivity contribution is 9.10. The van der Waals surface area contributed by atoms with E-state index in [-0.39, 0.29) is 10.4 Å². The molecule has 3 N–H and O–H groups in total. The van der Waals surface area contributed by atoms with Crippen LogP contribution in [0.15, 0.2) is 22.8 Å². The van der Waals surface area contributed by atoms with E-state index in [1.54, 1.807) is 24.6 Å². The number of carbonyl (C=O) groups excluding carboxylic acids is 1. The lowest BCUT2D eigenvalue weighted by Crippen LogP contribution is -2.39. The second kappa shape index (κ2) is 6.57. The Morgan fingerprint density at radius 1 is 1.21 bits per heavy atom. The van der Waals surface area contributed by atoms with Crippen molar-refractivity contribution < 1.29 is 23.1 Å². The molecule has 0 atom stereocenters. The zero-order chi connectivity index (χ0) is 18.1. The van der Waals surface area contributed by atoms with Gasteiger partial charge in [0.2, 0.25) is 5.95 Å². The zero-order valence-electron chi connectivity index (χ0n) is 12.4. The summed E-state index contributed by atoms with van der Waals surface area (Å²) in [4.78, 5) is 30.8. The molecule has 0 aromatic carbocycles. The van der Waals surface area contributed by atoms with E-state index < -0.39 is 27.9 Å². The van der Waals surface area contributed by atoms with Crippen LogP contribution in [0.2, 0.25) is 0 Å². The van der Waals surface area contributed by atoms with Crippen LogP contribution in [0.25, 0.3) is 0 Å². The van der Waals surface area contributed by atoms with Crippen molar-refractivity contribution in [2.75, 3.05) is 5.32 Å². The number of nitrogens with one attached hydrogen (secondary N) is 2. The molecule has 0 saturated carbocycles. The topological polar surface area (TPSA) is 143 Å². The van der Waals surface area contributed by atoms with Crippen LogP contribution in [0, 0.1) is 13.8 Å². The summed E-state index contributed by atoms with van der Waals surface area (Å²) >= 11 is 2.98. The minimum atomic E-state index is -4.47. The summed E-state index contributed by atoms with van der Waals surface area (Å²) < 4.78 is 26.7. The van der Waals surface area contributed by atoms with Gasteiger partial charge in [0, 0.05) is 22.1 Å². The predicted octanol–water partition coefficient (Wildman–Crippen LogP) is 1.27. The van der Waals surface area contributed by atoms with Gasteiger partial charge in [-0.05, 0) is 41.9 Å². The Morgan fingerprint density at radius 3 is 2.33 bits per heavy atom. The molecule has 128 valence electrons. The fourth-order valence-corrected chi connectivity index (χ4v) is 3.43. The highest BCUT2D eigenvalue weighted by Gasteiger charge is 2.24. The molecule has 0 aliphatic carbocycles. The lowest BCUT2D eigenvalue weighted by atomic mass is 10.4. The molecule has 0 bridgehead atoms. The Kier molecular flexibility index (Phi) is 4.89. The molecular formula is C12H12BrN5O5S. The van der Waals surface area contributed by atoms with Gasteiger partial charge >= 0.3 is 22.2 Å². The lowest BCUT2D eigenvalue weighted by molar-refractivity contribution is 0.0689. The minimum absolute atomic E-state index is 0.0765. The quantitative estimate of drug-likeness (QED) is 0.678. The number of hydrogen-bond donors (Lipinski definition) is 3. The van der Waals surface area contributed by atoms with Crippen molar-refractivity contribution in [3.63, 3.8) is 0 Å². The van der Waals surface area contributed by atoms with Crippen LogP contribution in [0.1, 0.15) is 21.9 Å². The van der Waals surface area contributed by atoms with E-state index in [4.69, 9.17) is 5.11 Å². The van der Waals surface area contributed by atoms with Gasteiger partial charge in [0.25, 0.3) is 0 Å². The molecule has 0 aliphatic rings. The van der Waals surface area contributed by atoms with Gasteiger partial charge in [-0.15, -0.1) is 0 Å². The van der Waals surface area contributed by atoms with E-state index in [0.29, 0.717) is 15.4 Å². The van der Waals surface area contributed by atoms with Gasteiger partial charge in [-0.25, -0.2) is 28.3 Å². The molecule has 12 heteroatoms. The molecule has 0 aliphatic heterocycles. The molecule has 2 aromatic rings. The summed E-state index contributed by atoms with van der Waals surface area (Å²) in [5, 5.41) is 11.2. The fourth-order valence-electron chi connectivity index (χ4n) is 1.84. The normalized spacial score (nSPS) is 11.1. The summed E-state index contributed by atoms with van der Waals surface area (Å²) in [6.07, 6.45) is 1.01. The number of aryl methyl sites for hydroxylation is 2. The number of nitrogens with zero attached hydrogens (tertiary/aromatic N) is 3. The SMILES string of the molecule is Cc1cc(C)nc(NC(=O)NS(=O)(=O)n2cc(Br)cc2C(=O)O)n1. The maximum Gasteiger partial charge on any atom is 0.353 e. The average molecular weight is 418 g/mol. The van der Waals surface area contributed by atoms with E-state index in [1.165, 1.54) is 0 Å². The monoisotopic (exact) mass is 417 g/mol. The maximum atomic E-state index is 12.2. The molecule has 2 amide bonds. The predicted molar refractivity (Wildman–Crippen MR) is 87.1 cm³/mol. The first-order valence-corrected chi connectivity index (χ1v) is 8.59. The molecule has 2 heterocycles. The molecular weight excluding hydrogens is 406 g/mol. The Labute approximate surface area is 145 Å². The molecule has 0 radical (unpaired) electrons. The third-order valence-corrected chi connectivity index (χ3v) is 4.36. The van der Waals surface area contributed by atoms with E-state index in [1.807, 2.05) is 0 Å². The van der Waals surface area contributed by atoms with Crippen molar-refractivity contribution >= 4 is 44.1 Å². The number of anilines is 1. The molecule has 2 aromatic heterocycles. The van der Waals surface area contributed by atoms with E-state index in [0.717, 1.165) is 12.3 Å². The third-order valence-electron chi connectivity index (χ3n) is 2.66. The second-order valence-corrected chi connectivity index (χ2v) is 7.14. The molecule has 24 heavy (non-hydrogen) atoms. The van der Waals surface area contributed by atoms with Crippen molar-refractivity contribution in [3.8, 4) is 0 Å². The van der Waals surface area contributed by atoms with Crippen LogP contribution < -0.4 is 10.0 Å². The van der Waals surface area contributed by atoms with Gasteiger partial charge in [-0.1, -0.05) is 0 Å². The van der Waals surface area contributed by atoms with Crippen LogP contribution in [0.5, 0.6) is 0 Å². The van der Waals surface area contributed by atoms with Crippen LogP contribution in [-0.4, -0.2) is 39.5 Å². The molecule has 0 unspecified atom stereocenters. The number of halogens is 1. The molecule has 2 rings (SSSR count). The second-order valence-electron chi connectivity index (χ2n) is 4.68. The van der Waals surface area contributed by atoms with Gasteiger partial charge in [0.15, 0.2) is 0 Å². The molecule has 0 fully saturated rings. The molecule has 0 spiro atoms. The first-order valence-electron chi connectivity index (χ1n) is 6.36. The highest BCUT2D eigenvalue weighted by atomic mass is 79.9. The van der Waals surface area contributed by atoms with Crippen molar-refractivity contribution in [1.29, 1.82) is 0 Å². The van der Waals surface area contributed by atoms with Crippen molar-refractivity contribution in [1.82, 2.24) is 18.7 Å². The van der Waals surface area contributed by atoms with E-state index in [2.05, 4.69) is 31.2 Å². The zero-order valence-corrected chi connectivity index (χ0v) is 14.8. The van der Waals surface area contributed by atoms with Crippen LogP contribution >= 0.6 is 15.9 Å². The Balaban J connectivity index is 2.23. The van der Waals surface area contributed by atoms with Gasteiger partial charge in [0.1, 0.15) is 5.69 Å². The summed E-state index contributed by atoms with van der Waals surface area (Å²) in [5.41, 5.74) is 0.635. The number of aromatic carboxylic acids is 1. The van der Waals surface area contributed by atoms with Gasteiger partial charge in [-0.3, -0.25) is 5.32 Å². The molecule has 10 nitrogen and oxygen atoms in total. The first kappa shape index (κ1) is 17.9. The van der Waals surface area contributed by atoms with Crippen molar-refractivity contribution in [2.24, 2.45) is 0 Å². The standard InChI is InChI=1S/C12H12BrN5O5S/c1-6-3-7(2)15-11(14-6)16-12(21)17-24(22,23)18-5-8(13)4-9(18)10(19)20/h3-5H,1-2H3,(H,19,20)(H2,14,15,16,17,21). The number of rotatable bonds is 4. The Bertz CT molecular complexity index is 904. The number of carboxylic acid groups (broad SMARTS) is 1. The summed E-state index contributed by atoms with van der Waals surface area (Å²) in [5.74, 6) is -1.54. The third kappa shape index (κ3) is 4.08. The average Bonchev–Trinajstić information content (AvgIpc) is 2.79. The summed E-state index contributed by atoms with van der Waals surface area (Å²) in [6, 6.07) is 1.64. The van der Waals surface area contributed by atoms with E-state index in [9.17, 15) is 18.0 Å². The van der Waals surface area contributed by atoms with Crippen LogP contribution in [0.4, 0.5) is 10.7 Å². The van der Waals surface area contributed by atoms with Crippen LogP contribution in [-0.2, 0) is 10.2 Å². The lowest BCUT2D eigenvalue weighted by Gasteiger charge is -2.10. The number of amides is 2. The number of hydrogen-bond acceptors (Lipinski definition) is 6. The number of carboxylic acids is 1. The van der Waals surface area contributed by atoms with Crippen molar-refractivity contribution in [3.05, 3.63) is 39.9 Å². The number of urea groups is 1. The first-order chi connectivity index (χ1) is 11.1. The maximum absolute atomic E-state index is 12.2. The Morgan fingerprint density at radius 2 is 1.79 bits per heavy atom. The van der Waals surface area contributed by atoms with Gasteiger partial charge < -0.3 is 5.11 Å². The number of aromatic nitrogens is 3. The summed E-state index contributed by atoms with van der Waals surface area (Å²) in [6.45, 7) is 3.37. The summed E-state index contributed by atoms with van der Waals surface area (Å²) in [7, 11) is -4.47. The highest BCUT2D eigenvalue weighted by Crippen LogP contribution is 2.16. The minimum Gasteiger partial charge on any atom is -0.477 e. The Hall–Kier alpha value is -2.47. The van der Waals surface area contributed by atoms with Gasteiger partial charge in [0.05, 0.1) is 0 Å². The van der Waals surface area contributed by atoms with E-state index >= 15 is 0 Å². The fraction of sp³-hybridized carbons (Fsp3) is 0.167.